The fraction of sp³-hybridized carbons (Fsp3) is 0.700. The summed E-state index contributed by atoms with van der Waals surface area (Å²) < 4.78 is 0. The lowest BCUT2D eigenvalue weighted by Crippen LogP contribution is -2.49. The van der Waals surface area contributed by atoms with Gasteiger partial charge in [0.2, 0.25) is 0 Å². The van der Waals surface area contributed by atoms with Gasteiger partial charge in [-0.25, -0.2) is 4.98 Å². The van der Waals surface area contributed by atoms with E-state index >= 15 is 0 Å². The van der Waals surface area contributed by atoms with Crippen LogP contribution in [0.2, 0.25) is 0 Å². The molecular weight excluding hydrogens is 324 g/mol. The number of hydrogen-bond acceptors (Lipinski definition) is 4. The maximum Gasteiger partial charge on any atom is 0.191 e. The van der Waals surface area contributed by atoms with Crippen LogP contribution in [0.1, 0.15) is 38.2 Å². The van der Waals surface area contributed by atoms with Crippen molar-refractivity contribution in [2.45, 2.75) is 45.6 Å². The molecule has 6 heteroatoms. The van der Waals surface area contributed by atoms with Crippen LogP contribution in [-0.4, -0.2) is 68.7 Å². The van der Waals surface area contributed by atoms with Gasteiger partial charge < -0.3 is 20.4 Å². The Morgan fingerprint density at radius 3 is 2.69 bits per heavy atom. The first kappa shape index (κ1) is 20.5. The number of pyridine rings is 1. The average Bonchev–Trinajstić information content (AvgIpc) is 2.66. The zero-order valence-corrected chi connectivity index (χ0v) is 17.0. The SMILES string of the molecule is CCCCN(C)CCNC(=NC)NC1CCN(c2ccc(C)cn2)CC1. The standard InChI is InChI=1S/C20H36N6/c1-5-6-12-25(4)15-11-22-20(21-3)24-18-9-13-26(14-10-18)19-8-7-17(2)16-23-19/h7-8,16,18H,5-6,9-15H2,1-4H3,(H2,21,22,24). The molecule has 0 saturated carbocycles. The van der Waals surface area contributed by atoms with Crippen molar-refractivity contribution in [2.75, 3.05) is 51.7 Å². The Hall–Kier alpha value is -1.82. The Balaban J connectivity index is 1.69. The lowest BCUT2D eigenvalue weighted by atomic mass is 10.1. The number of nitrogens with zero attached hydrogens (tertiary/aromatic N) is 4. The first-order valence-corrected chi connectivity index (χ1v) is 9.95. The van der Waals surface area contributed by atoms with Crippen LogP contribution in [0.25, 0.3) is 0 Å². The summed E-state index contributed by atoms with van der Waals surface area (Å²) in [7, 11) is 4.03. The molecular formula is C20H36N6. The third kappa shape index (κ3) is 6.83. The highest BCUT2D eigenvalue weighted by Gasteiger charge is 2.20. The molecule has 1 fully saturated rings. The van der Waals surface area contributed by atoms with Crippen molar-refractivity contribution >= 4 is 11.8 Å². The minimum absolute atomic E-state index is 0.473. The lowest BCUT2D eigenvalue weighted by molar-refractivity contribution is 0.331. The Morgan fingerprint density at radius 1 is 1.31 bits per heavy atom. The highest BCUT2D eigenvalue weighted by Crippen LogP contribution is 2.17. The second kappa shape index (κ2) is 11.0. The maximum absolute atomic E-state index is 4.55. The van der Waals surface area contributed by atoms with Crippen molar-refractivity contribution in [3.8, 4) is 0 Å². The van der Waals surface area contributed by atoms with Gasteiger partial charge in [-0.15, -0.1) is 0 Å². The molecule has 0 spiro atoms. The molecule has 0 atom stereocenters. The van der Waals surface area contributed by atoms with Crippen molar-refractivity contribution in [1.82, 2.24) is 20.5 Å². The summed E-state index contributed by atoms with van der Waals surface area (Å²) in [5.41, 5.74) is 1.21. The van der Waals surface area contributed by atoms with E-state index in [9.17, 15) is 0 Å². The Bertz CT molecular complexity index is 534. The van der Waals surface area contributed by atoms with Crippen LogP contribution in [0, 0.1) is 6.92 Å². The summed E-state index contributed by atoms with van der Waals surface area (Å²) >= 11 is 0. The van der Waals surface area contributed by atoms with Crippen LogP contribution in [0.5, 0.6) is 0 Å². The van der Waals surface area contributed by atoms with Gasteiger partial charge in [0, 0.05) is 45.5 Å². The number of anilines is 1. The van der Waals surface area contributed by atoms with E-state index in [0.29, 0.717) is 6.04 Å². The van der Waals surface area contributed by atoms with Gasteiger partial charge in [-0.3, -0.25) is 4.99 Å². The largest absolute Gasteiger partial charge is 0.356 e. The van der Waals surface area contributed by atoms with Gasteiger partial charge in [0.1, 0.15) is 5.82 Å². The zero-order chi connectivity index (χ0) is 18.8. The average molecular weight is 361 g/mol. The van der Waals surface area contributed by atoms with E-state index in [1.807, 2.05) is 13.2 Å². The van der Waals surface area contributed by atoms with Crippen LogP contribution < -0.4 is 15.5 Å². The Labute approximate surface area is 159 Å². The minimum atomic E-state index is 0.473. The number of hydrogen-bond donors (Lipinski definition) is 2. The van der Waals surface area contributed by atoms with E-state index in [1.54, 1.807) is 0 Å². The molecule has 0 radical (unpaired) electrons. The van der Waals surface area contributed by atoms with Crippen molar-refractivity contribution in [3.05, 3.63) is 23.9 Å². The number of piperidine rings is 1. The molecule has 2 N–H and O–H groups in total. The molecule has 1 aromatic heterocycles. The van der Waals surface area contributed by atoms with Gasteiger partial charge in [0.15, 0.2) is 5.96 Å². The summed E-state index contributed by atoms with van der Waals surface area (Å²) in [6.07, 6.45) is 6.66. The topological polar surface area (TPSA) is 55.8 Å². The van der Waals surface area contributed by atoms with Crippen LogP contribution in [0.4, 0.5) is 5.82 Å². The fourth-order valence-corrected chi connectivity index (χ4v) is 3.19. The predicted molar refractivity (Wildman–Crippen MR) is 111 cm³/mol. The first-order valence-electron chi connectivity index (χ1n) is 9.95. The molecule has 6 nitrogen and oxygen atoms in total. The summed E-state index contributed by atoms with van der Waals surface area (Å²) in [4.78, 5) is 13.7. The van der Waals surface area contributed by atoms with Crippen LogP contribution in [0.15, 0.2) is 23.3 Å². The second-order valence-corrected chi connectivity index (χ2v) is 7.26. The Kier molecular flexibility index (Phi) is 8.68. The number of aryl methyl sites for hydroxylation is 1. The van der Waals surface area contributed by atoms with Gasteiger partial charge in [-0.2, -0.15) is 0 Å². The summed E-state index contributed by atoms with van der Waals surface area (Å²) in [6, 6.07) is 4.73. The lowest BCUT2D eigenvalue weighted by Gasteiger charge is -2.34. The molecule has 0 unspecified atom stereocenters. The minimum Gasteiger partial charge on any atom is -0.356 e. The number of aromatic nitrogens is 1. The normalized spacial score (nSPS) is 16.2. The number of rotatable bonds is 8. The fourth-order valence-electron chi connectivity index (χ4n) is 3.19. The quantitative estimate of drug-likeness (QED) is 0.550. The van der Waals surface area contributed by atoms with Gasteiger partial charge in [0.25, 0.3) is 0 Å². The zero-order valence-electron chi connectivity index (χ0n) is 17.0. The molecule has 2 heterocycles. The van der Waals surface area contributed by atoms with Crippen LogP contribution in [0.3, 0.4) is 0 Å². The third-order valence-electron chi connectivity index (χ3n) is 4.96. The number of nitrogens with one attached hydrogen (secondary N) is 2. The molecule has 0 bridgehead atoms. The van der Waals surface area contributed by atoms with E-state index in [-0.39, 0.29) is 0 Å². The molecule has 1 saturated heterocycles. The van der Waals surface area contributed by atoms with Gasteiger partial charge in [0.05, 0.1) is 0 Å². The predicted octanol–water partition coefficient (Wildman–Crippen LogP) is 2.26. The van der Waals surface area contributed by atoms with E-state index in [4.69, 9.17) is 0 Å². The molecule has 146 valence electrons. The summed E-state index contributed by atoms with van der Waals surface area (Å²) in [5.74, 6) is 2.01. The first-order chi connectivity index (χ1) is 12.6. The second-order valence-electron chi connectivity index (χ2n) is 7.26. The number of unbranched alkanes of at least 4 members (excludes halogenated alkanes) is 1. The molecule has 0 aliphatic carbocycles. The third-order valence-corrected chi connectivity index (χ3v) is 4.96. The van der Waals surface area contributed by atoms with Crippen molar-refractivity contribution in [3.63, 3.8) is 0 Å². The van der Waals surface area contributed by atoms with E-state index in [0.717, 1.165) is 57.3 Å². The van der Waals surface area contributed by atoms with Crippen molar-refractivity contribution < 1.29 is 0 Å². The van der Waals surface area contributed by atoms with E-state index in [1.165, 1.54) is 18.4 Å². The number of guanidine groups is 1. The van der Waals surface area contributed by atoms with Crippen molar-refractivity contribution in [1.29, 1.82) is 0 Å². The summed E-state index contributed by atoms with van der Waals surface area (Å²) in [5, 5.41) is 7.02. The number of aliphatic imine (C=N–C) groups is 1. The highest BCUT2D eigenvalue weighted by molar-refractivity contribution is 5.80. The molecule has 0 amide bonds. The van der Waals surface area contributed by atoms with E-state index in [2.05, 4.69) is 63.4 Å². The Morgan fingerprint density at radius 2 is 2.08 bits per heavy atom. The molecule has 2 rings (SSSR count). The number of likely N-dealkylation sites (N-methyl/N-ethyl adjacent to an activating group) is 1. The monoisotopic (exact) mass is 360 g/mol. The highest BCUT2D eigenvalue weighted by atomic mass is 15.2. The van der Waals surface area contributed by atoms with Crippen LogP contribution >= 0.6 is 0 Å². The smallest absolute Gasteiger partial charge is 0.191 e. The summed E-state index contributed by atoms with van der Waals surface area (Å²) in [6.45, 7) is 9.50. The van der Waals surface area contributed by atoms with E-state index < -0.39 is 0 Å². The molecule has 1 aliphatic rings. The maximum atomic E-state index is 4.55. The van der Waals surface area contributed by atoms with Gasteiger partial charge >= 0.3 is 0 Å². The molecule has 0 aromatic carbocycles. The molecule has 26 heavy (non-hydrogen) atoms. The molecule has 1 aromatic rings. The van der Waals surface area contributed by atoms with Gasteiger partial charge in [-0.1, -0.05) is 19.4 Å². The van der Waals surface area contributed by atoms with Gasteiger partial charge in [-0.05, 0) is 51.4 Å². The van der Waals surface area contributed by atoms with Crippen LogP contribution in [-0.2, 0) is 0 Å². The van der Waals surface area contributed by atoms with Crippen molar-refractivity contribution in [2.24, 2.45) is 4.99 Å². The molecule has 1 aliphatic heterocycles.